The maximum absolute atomic E-state index is 5.67. The molecule has 0 bridgehead atoms. The number of rotatable bonds is 1. The summed E-state index contributed by atoms with van der Waals surface area (Å²) in [7, 11) is 0. The molecule has 2 rings (SSSR count). The lowest BCUT2D eigenvalue weighted by Gasteiger charge is -2.36. The number of hydrogen-bond acceptors (Lipinski definition) is 4. The van der Waals surface area contributed by atoms with Crippen LogP contribution in [0.4, 0.5) is 11.8 Å². The highest BCUT2D eigenvalue weighted by Crippen LogP contribution is 2.24. The second-order valence-electron chi connectivity index (χ2n) is 4.47. The first kappa shape index (κ1) is 10.2. The molecule has 0 radical (unpaired) electrons. The molecule has 0 aromatic carbocycles. The van der Waals surface area contributed by atoms with Gasteiger partial charge in [-0.25, -0.2) is 4.98 Å². The van der Waals surface area contributed by atoms with Crippen LogP contribution in [0.5, 0.6) is 0 Å². The number of nitrogen functional groups attached to an aromatic ring is 1. The van der Waals surface area contributed by atoms with Crippen molar-refractivity contribution in [3.05, 3.63) is 12.3 Å². The van der Waals surface area contributed by atoms with Crippen molar-refractivity contribution in [2.45, 2.75) is 32.7 Å². The van der Waals surface area contributed by atoms with Gasteiger partial charge in [-0.3, -0.25) is 0 Å². The zero-order valence-corrected chi connectivity index (χ0v) is 9.35. The highest BCUT2D eigenvalue weighted by Gasteiger charge is 2.24. The minimum Gasteiger partial charge on any atom is -0.384 e. The maximum atomic E-state index is 5.67. The van der Waals surface area contributed by atoms with Gasteiger partial charge in [0.05, 0.1) is 0 Å². The number of hydrogen-bond donors (Lipinski definition) is 1. The lowest BCUT2D eigenvalue weighted by Crippen LogP contribution is -2.42. The average Bonchev–Trinajstić information content (AvgIpc) is 2.22. The van der Waals surface area contributed by atoms with Gasteiger partial charge in [0.1, 0.15) is 5.82 Å². The van der Waals surface area contributed by atoms with Gasteiger partial charge in [0.2, 0.25) is 5.95 Å². The van der Waals surface area contributed by atoms with E-state index < -0.39 is 0 Å². The molecule has 1 aromatic heterocycles. The third-order valence-electron chi connectivity index (χ3n) is 3.04. The van der Waals surface area contributed by atoms with E-state index in [9.17, 15) is 0 Å². The predicted molar refractivity (Wildman–Crippen MR) is 61.7 cm³/mol. The van der Waals surface area contributed by atoms with Gasteiger partial charge in [0.25, 0.3) is 0 Å². The Balaban J connectivity index is 2.21. The lowest BCUT2D eigenvalue weighted by atomic mass is 9.95. The fraction of sp³-hybridized carbons (Fsp3) is 0.636. The Kier molecular flexibility index (Phi) is 2.75. The fourth-order valence-electron chi connectivity index (χ4n) is 2.07. The molecular formula is C11H18N4. The Morgan fingerprint density at radius 2 is 2.20 bits per heavy atom. The van der Waals surface area contributed by atoms with Gasteiger partial charge in [-0.2, -0.15) is 4.98 Å². The van der Waals surface area contributed by atoms with Crippen LogP contribution >= 0.6 is 0 Å². The summed E-state index contributed by atoms with van der Waals surface area (Å²) in [5, 5.41) is 0. The summed E-state index contributed by atoms with van der Waals surface area (Å²) in [6, 6.07) is 2.24. The largest absolute Gasteiger partial charge is 0.384 e. The van der Waals surface area contributed by atoms with E-state index >= 15 is 0 Å². The van der Waals surface area contributed by atoms with Crippen LogP contribution in [0.2, 0.25) is 0 Å². The summed E-state index contributed by atoms with van der Waals surface area (Å²) >= 11 is 0. The monoisotopic (exact) mass is 206 g/mol. The van der Waals surface area contributed by atoms with E-state index in [1.807, 2.05) is 0 Å². The van der Waals surface area contributed by atoms with Crippen molar-refractivity contribution in [3.8, 4) is 0 Å². The molecule has 1 fully saturated rings. The SMILES string of the molecule is CC1CCC(C)N(c2nccc(N)n2)C1. The molecule has 0 amide bonds. The topological polar surface area (TPSA) is 55.0 Å². The molecule has 2 N–H and O–H groups in total. The smallest absolute Gasteiger partial charge is 0.227 e. The second-order valence-corrected chi connectivity index (χ2v) is 4.47. The van der Waals surface area contributed by atoms with Crippen LogP contribution in [0.1, 0.15) is 26.7 Å². The molecule has 0 spiro atoms. The molecule has 1 aromatic rings. The Hall–Kier alpha value is -1.32. The molecule has 2 heterocycles. The molecule has 0 aliphatic carbocycles. The van der Waals surface area contributed by atoms with Gasteiger partial charge in [0, 0.05) is 18.8 Å². The maximum Gasteiger partial charge on any atom is 0.227 e. The first-order valence-electron chi connectivity index (χ1n) is 5.52. The first-order valence-corrected chi connectivity index (χ1v) is 5.52. The number of piperidine rings is 1. The minimum absolute atomic E-state index is 0.517. The van der Waals surface area contributed by atoms with Crippen molar-refractivity contribution in [2.75, 3.05) is 17.2 Å². The van der Waals surface area contributed by atoms with E-state index in [4.69, 9.17) is 5.73 Å². The summed E-state index contributed by atoms with van der Waals surface area (Å²) < 4.78 is 0. The van der Waals surface area contributed by atoms with Gasteiger partial charge in [-0.05, 0) is 31.7 Å². The molecule has 15 heavy (non-hydrogen) atoms. The summed E-state index contributed by atoms with van der Waals surface area (Å²) in [6.07, 6.45) is 4.23. The van der Waals surface area contributed by atoms with Crippen molar-refractivity contribution in [1.82, 2.24) is 9.97 Å². The summed E-state index contributed by atoms with van der Waals surface area (Å²) in [4.78, 5) is 10.8. The Labute approximate surface area is 90.5 Å². The van der Waals surface area contributed by atoms with Gasteiger partial charge in [-0.1, -0.05) is 6.92 Å². The van der Waals surface area contributed by atoms with E-state index in [0.717, 1.165) is 12.5 Å². The molecule has 0 saturated carbocycles. The standard InChI is InChI=1S/C11H18N4/c1-8-3-4-9(2)15(7-8)11-13-6-5-10(12)14-11/h5-6,8-9H,3-4,7H2,1-2H3,(H2,12,13,14). The van der Waals surface area contributed by atoms with Crippen molar-refractivity contribution < 1.29 is 0 Å². The second kappa shape index (κ2) is 4.04. The molecule has 1 saturated heterocycles. The van der Waals surface area contributed by atoms with Crippen molar-refractivity contribution in [1.29, 1.82) is 0 Å². The summed E-state index contributed by atoms with van der Waals surface area (Å²) in [5.41, 5.74) is 5.67. The van der Waals surface area contributed by atoms with Crippen LogP contribution in [-0.2, 0) is 0 Å². The third kappa shape index (κ3) is 2.19. The van der Waals surface area contributed by atoms with Crippen molar-refractivity contribution >= 4 is 11.8 Å². The van der Waals surface area contributed by atoms with E-state index in [2.05, 4.69) is 28.7 Å². The van der Waals surface area contributed by atoms with E-state index in [0.29, 0.717) is 17.8 Å². The van der Waals surface area contributed by atoms with Gasteiger partial charge < -0.3 is 10.6 Å². The lowest BCUT2D eigenvalue weighted by molar-refractivity contribution is 0.385. The Morgan fingerprint density at radius 1 is 1.40 bits per heavy atom. The number of aromatic nitrogens is 2. The van der Waals surface area contributed by atoms with E-state index in [1.165, 1.54) is 12.8 Å². The van der Waals surface area contributed by atoms with Crippen LogP contribution in [0.25, 0.3) is 0 Å². The average molecular weight is 206 g/mol. The van der Waals surface area contributed by atoms with Crippen LogP contribution in [0, 0.1) is 5.92 Å². The number of anilines is 2. The normalized spacial score (nSPS) is 26.7. The summed E-state index contributed by atoms with van der Waals surface area (Å²) in [6.45, 7) is 5.52. The number of nitrogens with zero attached hydrogens (tertiary/aromatic N) is 3. The molecule has 2 atom stereocenters. The highest BCUT2D eigenvalue weighted by atomic mass is 15.3. The number of nitrogens with two attached hydrogens (primary N) is 1. The van der Waals surface area contributed by atoms with Crippen LogP contribution in [0.3, 0.4) is 0 Å². The van der Waals surface area contributed by atoms with Gasteiger partial charge in [-0.15, -0.1) is 0 Å². The molecule has 1 aliphatic rings. The minimum atomic E-state index is 0.517. The van der Waals surface area contributed by atoms with Crippen LogP contribution in [0.15, 0.2) is 12.3 Å². The molecule has 4 heteroatoms. The molecular weight excluding hydrogens is 188 g/mol. The molecule has 1 aliphatic heterocycles. The molecule has 4 nitrogen and oxygen atoms in total. The molecule has 82 valence electrons. The van der Waals surface area contributed by atoms with E-state index in [1.54, 1.807) is 12.3 Å². The van der Waals surface area contributed by atoms with Crippen LogP contribution < -0.4 is 10.6 Å². The van der Waals surface area contributed by atoms with Crippen molar-refractivity contribution in [2.24, 2.45) is 5.92 Å². The van der Waals surface area contributed by atoms with Crippen LogP contribution in [-0.4, -0.2) is 22.6 Å². The predicted octanol–water partition coefficient (Wildman–Crippen LogP) is 1.68. The zero-order valence-electron chi connectivity index (χ0n) is 9.35. The Morgan fingerprint density at radius 3 is 2.93 bits per heavy atom. The summed E-state index contributed by atoms with van der Waals surface area (Å²) in [5.74, 6) is 2.03. The highest BCUT2D eigenvalue weighted by molar-refractivity contribution is 5.39. The zero-order chi connectivity index (χ0) is 10.8. The fourth-order valence-corrected chi connectivity index (χ4v) is 2.07. The van der Waals surface area contributed by atoms with Gasteiger partial charge in [0.15, 0.2) is 0 Å². The van der Waals surface area contributed by atoms with E-state index in [-0.39, 0.29) is 0 Å². The first-order chi connectivity index (χ1) is 7.16. The van der Waals surface area contributed by atoms with Crippen molar-refractivity contribution in [3.63, 3.8) is 0 Å². The quantitative estimate of drug-likeness (QED) is 0.759. The van der Waals surface area contributed by atoms with Gasteiger partial charge >= 0.3 is 0 Å². The Bertz CT molecular complexity index is 339. The molecule has 2 unspecified atom stereocenters. The third-order valence-corrected chi connectivity index (χ3v) is 3.04.